The first-order valence-corrected chi connectivity index (χ1v) is 8.32. The third-order valence-electron chi connectivity index (χ3n) is 4.45. The van der Waals surface area contributed by atoms with E-state index in [0.717, 1.165) is 28.8 Å². The smallest absolute Gasteiger partial charge is 0.0469 e. The SMILES string of the molecule is CCC(c1c[nH]c2cc(C#Cc3ccc(N)cc3)ccc12)C(C)N. The number of nitrogens with two attached hydrogens (primary N) is 2. The number of H-pyrrole nitrogens is 1. The topological polar surface area (TPSA) is 67.8 Å². The lowest BCUT2D eigenvalue weighted by molar-refractivity contribution is 0.556. The highest BCUT2D eigenvalue weighted by Gasteiger charge is 2.17. The van der Waals surface area contributed by atoms with E-state index in [9.17, 15) is 0 Å². The molecule has 0 bridgehead atoms. The van der Waals surface area contributed by atoms with E-state index in [0.29, 0.717) is 5.92 Å². The molecule has 5 N–H and O–H groups in total. The number of nitrogen functional groups attached to an aromatic ring is 1. The van der Waals surface area contributed by atoms with Crippen molar-refractivity contribution in [3.63, 3.8) is 0 Å². The van der Waals surface area contributed by atoms with Gasteiger partial charge in [0.05, 0.1) is 0 Å². The molecule has 0 fully saturated rings. The van der Waals surface area contributed by atoms with Gasteiger partial charge in [0.1, 0.15) is 0 Å². The van der Waals surface area contributed by atoms with E-state index in [1.54, 1.807) is 0 Å². The molecule has 0 aliphatic rings. The summed E-state index contributed by atoms with van der Waals surface area (Å²) in [7, 11) is 0. The Bertz CT molecular complexity index is 892. The molecule has 1 heterocycles. The number of fused-ring (bicyclic) bond motifs is 1. The minimum absolute atomic E-state index is 0.138. The molecule has 0 aliphatic carbocycles. The van der Waals surface area contributed by atoms with Crippen LogP contribution >= 0.6 is 0 Å². The van der Waals surface area contributed by atoms with Crippen molar-refractivity contribution in [2.45, 2.75) is 32.2 Å². The number of hydrogen-bond donors (Lipinski definition) is 3. The van der Waals surface area contributed by atoms with Crippen molar-refractivity contribution in [3.8, 4) is 11.8 Å². The maximum atomic E-state index is 6.14. The second-order valence-corrected chi connectivity index (χ2v) is 6.25. The Kier molecular flexibility index (Phi) is 4.59. The molecule has 3 rings (SSSR count). The molecule has 1 aromatic heterocycles. The maximum Gasteiger partial charge on any atom is 0.0469 e. The van der Waals surface area contributed by atoms with Gasteiger partial charge in [-0.2, -0.15) is 0 Å². The van der Waals surface area contributed by atoms with E-state index < -0.39 is 0 Å². The molecule has 0 spiro atoms. The fourth-order valence-corrected chi connectivity index (χ4v) is 3.12. The van der Waals surface area contributed by atoms with Crippen molar-refractivity contribution >= 4 is 16.6 Å². The van der Waals surface area contributed by atoms with Crippen LogP contribution in [0.15, 0.2) is 48.7 Å². The van der Waals surface area contributed by atoms with Gasteiger partial charge in [-0.1, -0.05) is 24.8 Å². The molecule has 122 valence electrons. The molecular weight excluding hydrogens is 294 g/mol. The van der Waals surface area contributed by atoms with E-state index in [1.807, 2.05) is 24.3 Å². The number of anilines is 1. The second-order valence-electron chi connectivity index (χ2n) is 6.25. The zero-order chi connectivity index (χ0) is 17.1. The molecule has 0 aliphatic heterocycles. The summed E-state index contributed by atoms with van der Waals surface area (Å²) < 4.78 is 0. The van der Waals surface area contributed by atoms with Gasteiger partial charge >= 0.3 is 0 Å². The van der Waals surface area contributed by atoms with Crippen molar-refractivity contribution in [2.75, 3.05) is 5.73 Å². The first-order valence-electron chi connectivity index (χ1n) is 8.32. The van der Waals surface area contributed by atoms with Gasteiger partial charge in [-0.25, -0.2) is 0 Å². The normalized spacial score (nSPS) is 13.3. The zero-order valence-electron chi connectivity index (χ0n) is 14.1. The van der Waals surface area contributed by atoms with Gasteiger partial charge in [0, 0.05) is 45.9 Å². The van der Waals surface area contributed by atoms with Crippen molar-refractivity contribution in [3.05, 3.63) is 65.4 Å². The largest absolute Gasteiger partial charge is 0.399 e. The lowest BCUT2D eigenvalue weighted by Crippen LogP contribution is -2.24. The van der Waals surface area contributed by atoms with Crippen LogP contribution in [-0.2, 0) is 0 Å². The Labute approximate surface area is 143 Å². The summed E-state index contributed by atoms with van der Waals surface area (Å²) in [5.74, 6) is 6.75. The van der Waals surface area contributed by atoms with Crippen LogP contribution in [0.1, 0.15) is 42.9 Å². The van der Waals surface area contributed by atoms with Crippen LogP contribution in [0.25, 0.3) is 10.9 Å². The minimum Gasteiger partial charge on any atom is -0.399 e. The highest BCUT2D eigenvalue weighted by Crippen LogP contribution is 2.30. The van der Waals surface area contributed by atoms with E-state index in [1.165, 1.54) is 10.9 Å². The first-order chi connectivity index (χ1) is 11.6. The average Bonchev–Trinajstić information content (AvgIpc) is 2.98. The lowest BCUT2D eigenvalue weighted by Gasteiger charge is -2.18. The van der Waals surface area contributed by atoms with E-state index in [-0.39, 0.29) is 6.04 Å². The van der Waals surface area contributed by atoms with Crippen molar-refractivity contribution in [2.24, 2.45) is 5.73 Å². The predicted octanol–water partition coefficient (Wildman–Crippen LogP) is 3.99. The molecule has 3 nitrogen and oxygen atoms in total. The zero-order valence-corrected chi connectivity index (χ0v) is 14.1. The quantitative estimate of drug-likeness (QED) is 0.505. The molecular formula is C21H23N3. The van der Waals surface area contributed by atoms with Crippen LogP contribution in [0.5, 0.6) is 0 Å². The summed E-state index contributed by atoms with van der Waals surface area (Å²) in [5.41, 5.74) is 16.9. The summed E-state index contributed by atoms with van der Waals surface area (Å²) in [6.45, 7) is 4.25. The molecule has 2 aromatic carbocycles. The number of hydrogen-bond acceptors (Lipinski definition) is 2. The van der Waals surface area contributed by atoms with Crippen LogP contribution in [0.4, 0.5) is 5.69 Å². The number of rotatable bonds is 3. The fourth-order valence-electron chi connectivity index (χ4n) is 3.12. The Morgan fingerprint density at radius 2 is 1.71 bits per heavy atom. The van der Waals surface area contributed by atoms with Crippen LogP contribution in [0.2, 0.25) is 0 Å². The number of nitrogens with one attached hydrogen (secondary N) is 1. The maximum absolute atomic E-state index is 6.14. The van der Waals surface area contributed by atoms with Crippen molar-refractivity contribution in [1.29, 1.82) is 0 Å². The molecule has 2 unspecified atom stereocenters. The minimum atomic E-state index is 0.138. The summed E-state index contributed by atoms with van der Waals surface area (Å²) >= 11 is 0. The van der Waals surface area contributed by atoms with Crippen LogP contribution < -0.4 is 11.5 Å². The fraction of sp³-hybridized carbons (Fsp3) is 0.238. The molecule has 0 radical (unpaired) electrons. The highest BCUT2D eigenvalue weighted by molar-refractivity contribution is 5.85. The van der Waals surface area contributed by atoms with Crippen LogP contribution in [0.3, 0.4) is 0 Å². The molecule has 24 heavy (non-hydrogen) atoms. The summed E-state index contributed by atoms with van der Waals surface area (Å²) in [6.07, 6.45) is 3.11. The Balaban J connectivity index is 1.92. The molecule has 3 aromatic rings. The Hall–Kier alpha value is -2.70. The molecule has 3 heteroatoms. The van der Waals surface area contributed by atoms with Gasteiger partial charge < -0.3 is 16.5 Å². The van der Waals surface area contributed by atoms with Gasteiger partial charge in [-0.3, -0.25) is 0 Å². The number of aromatic nitrogens is 1. The highest BCUT2D eigenvalue weighted by atomic mass is 14.7. The molecule has 0 saturated heterocycles. The standard InChI is InChI=1S/C21H23N3/c1-3-18(14(2)22)20-13-24-21-12-16(8-11-19(20)21)5-4-15-6-9-17(23)10-7-15/h6-14,18,24H,3,22-23H2,1-2H3. The summed E-state index contributed by atoms with van der Waals surface area (Å²) in [5, 5.41) is 1.23. The Morgan fingerprint density at radius 1 is 1.04 bits per heavy atom. The van der Waals surface area contributed by atoms with Gasteiger partial charge in [-0.05, 0) is 55.3 Å². The molecule has 2 atom stereocenters. The Morgan fingerprint density at radius 3 is 2.38 bits per heavy atom. The average molecular weight is 317 g/mol. The number of aromatic amines is 1. The van der Waals surface area contributed by atoms with Crippen LogP contribution in [-0.4, -0.2) is 11.0 Å². The predicted molar refractivity (Wildman–Crippen MR) is 102 cm³/mol. The molecule has 0 amide bonds. The third-order valence-corrected chi connectivity index (χ3v) is 4.45. The van der Waals surface area contributed by atoms with E-state index >= 15 is 0 Å². The second kappa shape index (κ2) is 6.82. The third kappa shape index (κ3) is 3.29. The summed E-state index contributed by atoms with van der Waals surface area (Å²) in [6, 6.07) is 14.0. The molecule has 0 saturated carbocycles. The van der Waals surface area contributed by atoms with E-state index in [4.69, 9.17) is 11.5 Å². The summed E-state index contributed by atoms with van der Waals surface area (Å²) in [4.78, 5) is 3.36. The first kappa shape index (κ1) is 16.2. The van der Waals surface area contributed by atoms with Gasteiger partial charge in [0.2, 0.25) is 0 Å². The number of benzene rings is 2. The van der Waals surface area contributed by atoms with Gasteiger partial charge in [0.15, 0.2) is 0 Å². The van der Waals surface area contributed by atoms with Crippen molar-refractivity contribution < 1.29 is 0 Å². The van der Waals surface area contributed by atoms with E-state index in [2.05, 4.69) is 55.1 Å². The lowest BCUT2D eigenvalue weighted by atomic mass is 9.90. The van der Waals surface area contributed by atoms with Crippen LogP contribution in [0, 0.1) is 11.8 Å². The van der Waals surface area contributed by atoms with Crippen molar-refractivity contribution in [1.82, 2.24) is 4.98 Å². The van der Waals surface area contributed by atoms with Gasteiger partial charge in [0.25, 0.3) is 0 Å². The monoisotopic (exact) mass is 317 g/mol. The van der Waals surface area contributed by atoms with Gasteiger partial charge in [-0.15, -0.1) is 0 Å².